The SMILES string of the molecule is c1cncc(CNCCN2CCCC3CCCC32)c1. The molecule has 0 radical (unpaired) electrons. The summed E-state index contributed by atoms with van der Waals surface area (Å²) < 4.78 is 0. The molecule has 0 bridgehead atoms. The number of piperidine rings is 1. The van der Waals surface area contributed by atoms with Crippen LogP contribution in [-0.2, 0) is 6.54 Å². The van der Waals surface area contributed by atoms with Crippen molar-refractivity contribution in [3.05, 3.63) is 30.1 Å². The quantitative estimate of drug-likeness (QED) is 0.823. The van der Waals surface area contributed by atoms with Crippen LogP contribution >= 0.6 is 0 Å². The van der Waals surface area contributed by atoms with Gasteiger partial charge in [-0.3, -0.25) is 9.88 Å². The molecule has 2 fully saturated rings. The summed E-state index contributed by atoms with van der Waals surface area (Å²) in [5, 5.41) is 3.55. The molecule has 3 rings (SSSR count). The van der Waals surface area contributed by atoms with Crippen molar-refractivity contribution in [2.75, 3.05) is 19.6 Å². The Bertz CT molecular complexity index is 379. The summed E-state index contributed by atoms with van der Waals surface area (Å²) in [6.45, 7) is 4.56. The van der Waals surface area contributed by atoms with Crippen LogP contribution in [-0.4, -0.2) is 35.6 Å². The molecule has 0 aromatic carbocycles. The first-order chi connectivity index (χ1) is 9.43. The molecule has 2 unspecified atom stereocenters. The first kappa shape index (κ1) is 13.1. The smallest absolute Gasteiger partial charge is 0.0312 e. The van der Waals surface area contributed by atoms with Crippen LogP contribution in [0.1, 0.15) is 37.7 Å². The number of aromatic nitrogens is 1. The van der Waals surface area contributed by atoms with Crippen molar-refractivity contribution in [2.24, 2.45) is 5.92 Å². The monoisotopic (exact) mass is 259 g/mol. The van der Waals surface area contributed by atoms with E-state index in [9.17, 15) is 0 Å². The zero-order valence-corrected chi connectivity index (χ0v) is 11.7. The second-order valence-corrected chi connectivity index (χ2v) is 5.97. The van der Waals surface area contributed by atoms with Gasteiger partial charge in [-0.25, -0.2) is 0 Å². The highest BCUT2D eigenvalue weighted by molar-refractivity contribution is 5.07. The molecule has 2 heterocycles. The lowest BCUT2D eigenvalue weighted by molar-refractivity contribution is 0.114. The molecular formula is C16H25N3. The molecule has 0 amide bonds. The summed E-state index contributed by atoms with van der Waals surface area (Å²) in [5.74, 6) is 1.01. The number of hydrogen-bond donors (Lipinski definition) is 1. The van der Waals surface area contributed by atoms with E-state index in [1.165, 1.54) is 50.8 Å². The molecule has 2 atom stereocenters. The molecule has 3 nitrogen and oxygen atoms in total. The van der Waals surface area contributed by atoms with Gasteiger partial charge in [0, 0.05) is 38.1 Å². The van der Waals surface area contributed by atoms with Crippen molar-refractivity contribution < 1.29 is 0 Å². The average molecular weight is 259 g/mol. The zero-order valence-electron chi connectivity index (χ0n) is 11.7. The third kappa shape index (κ3) is 3.34. The van der Waals surface area contributed by atoms with Crippen LogP contribution < -0.4 is 5.32 Å². The van der Waals surface area contributed by atoms with Crippen LogP contribution in [0.15, 0.2) is 24.5 Å². The number of rotatable bonds is 5. The van der Waals surface area contributed by atoms with Gasteiger partial charge in [0.15, 0.2) is 0 Å². The van der Waals surface area contributed by atoms with E-state index >= 15 is 0 Å². The number of likely N-dealkylation sites (tertiary alicyclic amines) is 1. The molecule has 104 valence electrons. The Balaban J connectivity index is 1.40. The first-order valence-electron chi connectivity index (χ1n) is 7.77. The van der Waals surface area contributed by atoms with Gasteiger partial charge in [-0.05, 0) is 49.8 Å². The molecule has 1 aliphatic heterocycles. The van der Waals surface area contributed by atoms with Crippen molar-refractivity contribution in [1.82, 2.24) is 15.2 Å². The van der Waals surface area contributed by atoms with Gasteiger partial charge in [0.05, 0.1) is 0 Å². The van der Waals surface area contributed by atoms with E-state index in [0.29, 0.717) is 0 Å². The lowest BCUT2D eigenvalue weighted by Crippen LogP contribution is -2.45. The fourth-order valence-corrected chi connectivity index (χ4v) is 3.79. The van der Waals surface area contributed by atoms with E-state index in [0.717, 1.165) is 25.0 Å². The Labute approximate surface area is 116 Å². The number of hydrogen-bond acceptors (Lipinski definition) is 3. The number of nitrogens with one attached hydrogen (secondary N) is 1. The number of fused-ring (bicyclic) bond motifs is 1. The summed E-state index contributed by atoms with van der Waals surface area (Å²) in [6.07, 6.45) is 11.0. The van der Waals surface area contributed by atoms with Crippen molar-refractivity contribution in [1.29, 1.82) is 0 Å². The molecule has 3 heteroatoms. The molecule has 1 aromatic heterocycles. The van der Waals surface area contributed by atoms with Crippen LogP contribution in [0, 0.1) is 5.92 Å². The molecule has 2 aliphatic rings. The molecule has 19 heavy (non-hydrogen) atoms. The Morgan fingerprint density at radius 1 is 1.26 bits per heavy atom. The third-order valence-corrected chi connectivity index (χ3v) is 4.74. The molecular weight excluding hydrogens is 234 g/mol. The highest BCUT2D eigenvalue weighted by atomic mass is 15.2. The maximum atomic E-state index is 4.15. The Morgan fingerprint density at radius 2 is 2.21 bits per heavy atom. The minimum absolute atomic E-state index is 0.897. The van der Waals surface area contributed by atoms with Crippen LogP contribution in [0.25, 0.3) is 0 Å². The summed E-state index contributed by atoms with van der Waals surface area (Å²) in [6, 6.07) is 5.03. The van der Waals surface area contributed by atoms with Crippen molar-refractivity contribution in [3.63, 3.8) is 0 Å². The van der Waals surface area contributed by atoms with E-state index in [1.54, 1.807) is 0 Å². The molecule has 0 spiro atoms. The summed E-state index contributed by atoms with van der Waals surface area (Å²) in [5.41, 5.74) is 1.28. The minimum Gasteiger partial charge on any atom is -0.311 e. The van der Waals surface area contributed by atoms with Crippen molar-refractivity contribution >= 4 is 0 Å². The summed E-state index contributed by atoms with van der Waals surface area (Å²) >= 11 is 0. The topological polar surface area (TPSA) is 28.2 Å². The zero-order chi connectivity index (χ0) is 12.9. The standard InChI is InChI=1S/C16H25N3/c1-5-15-6-3-10-19(16(15)7-1)11-9-18-13-14-4-2-8-17-12-14/h2,4,8,12,15-16,18H,1,3,5-7,9-11,13H2. The maximum Gasteiger partial charge on any atom is 0.0312 e. The Kier molecular flexibility index (Phi) is 4.46. The molecule has 1 saturated heterocycles. The normalized spacial score (nSPS) is 27.4. The lowest BCUT2D eigenvalue weighted by atomic mass is 9.92. The van der Waals surface area contributed by atoms with Gasteiger partial charge in [-0.15, -0.1) is 0 Å². The van der Waals surface area contributed by atoms with Crippen LogP contribution in [0.2, 0.25) is 0 Å². The Hall–Kier alpha value is -0.930. The maximum absolute atomic E-state index is 4.15. The highest BCUT2D eigenvalue weighted by Gasteiger charge is 2.34. The first-order valence-corrected chi connectivity index (χ1v) is 7.77. The van der Waals surface area contributed by atoms with E-state index in [-0.39, 0.29) is 0 Å². The van der Waals surface area contributed by atoms with Crippen LogP contribution in [0.5, 0.6) is 0 Å². The molecule has 1 saturated carbocycles. The van der Waals surface area contributed by atoms with Gasteiger partial charge >= 0.3 is 0 Å². The Morgan fingerprint density at radius 3 is 3.11 bits per heavy atom. The van der Waals surface area contributed by atoms with E-state index in [2.05, 4.69) is 21.3 Å². The van der Waals surface area contributed by atoms with E-state index in [1.807, 2.05) is 18.5 Å². The molecule has 1 N–H and O–H groups in total. The largest absolute Gasteiger partial charge is 0.311 e. The van der Waals surface area contributed by atoms with Gasteiger partial charge in [0.2, 0.25) is 0 Å². The summed E-state index contributed by atoms with van der Waals surface area (Å²) in [7, 11) is 0. The second kappa shape index (κ2) is 6.49. The van der Waals surface area contributed by atoms with Gasteiger partial charge in [0.25, 0.3) is 0 Å². The van der Waals surface area contributed by atoms with Crippen LogP contribution in [0.4, 0.5) is 0 Å². The van der Waals surface area contributed by atoms with Crippen molar-refractivity contribution in [2.45, 2.75) is 44.7 Å². The number of nitrogens with zero attached hydrogens (tertiary/aromatic N) is 2. The fraction of sp³-hybridized carbons (Fsp3) is 0.688. The molecule has 1 aliphatic carbocycles. The van der Waals surface area contributed by atoms with E-state index < -0.39 is 0 Å². The second-order valence-electron chi connectivity index (χ2n) is 5.97. The average Bonchev–Trinajstić information content (AvgIpc) is 2.94. The molecule has 1 aromatic rings. The third-order valence-electron chi connectivity index (χ3n) is 4.74. The van der Waals surface area contributed by atoms with Gasteiger partial charge < -0.3 is 5.32 Å². The number of pyridine rings is 1. The van der Waals surface area contributed by atoms with Gasteiger partial charge in [-0.2, -0.15) is 0 Å². The summed E-state index contributed by atoms with van der Waals surface area (Å²) in [4.78, 5) is 6.88. The minimum atomic E-state index is 0.897. The fourth-order valence-electron chi connectivity index (χ4n) is 3.79. The predicted molar refractivity (Wildman–Crippen MR) is 77.9 cm³/mol. The van der Waals surface area contributed by atoms with Gasteiger partial charge in [0.1, 0.15) is 0 Å². The predicted octanol–water partition coefficient (Wildman–Crippen LogP) is 2.44. The van der Waals surface area contributed by atoms with Gasteiger partial charge in [-0.1, -0.05) is 12.5 Å². The highest BCUT2D eigenvalue weighted by Crippen LogP contribution is 2.36. The van der Waals surface area contributed by atoms with Crippen molar-refractivity contribution in [3.8, 4) is 0 Å². The van der Waals surface area contributed by atoms with Crippen LogP contribution in [0.3, 0.4) is 0 Å². The van der Waals surface area contributed by atoms with E-state index in [4.69, 9.17) is 0 Å². The lowest BCUT2D eigenvalue weighted by Gasteiger charge is -2.37.